The number of carbonyl (C=O) groups is 2. The van der Waals surface area contributed by atoms with E-state index >= 15 is 0 Å². The van der Waals surface area contributed by atoms with E-state index in [1.165, 1.54) is 5.56 Å². The summed E-state index contributed by atoms with van der Waals surface area (Å²) in [7, 11) is 0. The lowest BCUT2D eigenvalue weighted by atomic mass is 9.74. The molecule has 2 aromatic carbocycles. The minimum absolute atomic E-state index is 0.00621. The molecule has 2 atom stereocenters. The fourth-order valence-electron chi connectivity index (χ4n) is 4.95. The van der Waals surface area contributed by atoms with Gasteiger partial charge < -0.3 is 31.1 Å². The Bertz CT molecular complexity index is 1050. The van der Waals surface area contributed by atoms with Crippen LogP contribution >= 0.6 is 0 Å². The van der Waals surface area contributed by atoms with Gasteiger partial charge in [-0.1, -0.05) is 12.1 Å². The van der Waals surface area contributed by atoms with Crippen LogP contribution < -0.4 is 21.1 Å². The molecule has 33 heavy (non-hydrogen) atoms. The maximum Gasteiger partial charge on any atom is 0.319 e. The molecule has 0 bridgehead atoms. The Balaban J connectivity index is 1.18. The maximum atomic E-state index is 13.1. The highest BCUT2D eigenvalue weighted by atomic mass is 16.5. The summed E-state index contributed by atoms with van der Waals surface area (Å²) in [6.45, 7) is 2.49. The SMILES string of the molecule is NCc1ccc2c(c1)C1(CCN(C(=O)c3ccc(NC(=O)NC4CCC4O)cc3)CC1)CO2. The molecule has 1 aliphatic carbocycles. The van der Waals surface area contributed by atoms with E-state index in [-0.39, 0.29) is 23.4 Å². The van der Waals surface area contributed by atoms with Crippen LogP contribution in [0.1, 0.15) is 47.2 Å². The number of urea groups is 1. The second kappa shape index (κ2) is 8.68. The van der Waals surface area contributed by atoms with Gasteiger partial charge >= 0.3 is 6.03 Å². The number of carbonyl (C=O) groups excluding carboxylic acids is 2. The third-order valence-corrected chi connectivity index (χ3v) is 7.31. The van der Waals surface area contributed by atoms with Gasteiger partial charge in [0.25, 0.3) is 5.91 Å². The molecule has 2 aliphatic heterocycles. The number of amides is 3. The van der Waals surface area contributed by atoms with Crippen LogP contribution in [-0.4, -0.2) is 53.8 Å². The van der Waals surface area contributed by atoms with Crippen molar-refractivity contribution in [2.45, 2.75) is 49.8 Å². The van der Waals surface area contributed by atoms with E-state index in [4.69, 9.17) is 10.5 Å². The van der Waals surface area contributed by atoms with Crippen LogP contribution in [0.4, 0.5) is 10.5 Å². The van der Waals surface area contributed by atoms with Crippen LogP contribution in [0.25, 0.3) is 0 Å². The van der Waals surface area contributed by atoms with Gasteiger partial charge in [-0.25, -0.2) is 4.79 Å². The number of aliphatic hydroxyl groups is 1. The smallest absolute Gasteiger partial charge is 0.319 e. The molecule has 2 heterocycles. The zero-order chi connectivity index (χ0) is 23.0. The van der Waals surface area contributed by atoms with E-state index in [9.17, 15) is 14.7 Å². The minimum atomic E-state index is -0.466. The van der Waals surface area contributed by atoms with Gasteiger partial charge in [0.15, 0.2) is 0 Å². The Morgan fingerprint density at radius 2 is 1.88 bits per heavy atom. The van der Waals surface area contributed by atoms with Crippen LogP contribution in [0.3, 0.4) is 0 Å². The highest BCUT2D eigenvalue weighted by Crippen LogP contribution is 2.46. The van der Waals surface area contributed by atoms with Gasteiger partial charge in [0.05, 0.1) is 18.8 Å². The van der Waals surface area contributed by atoms with Crippen LogP contribution in [0, 0.1) is 0 Å². The maximum absolute atomic E-state index is 13.1. The van der Waals surface area contributed by atoms with Crippen molar-refractivity contribution in [2.24, 2.45) is 5.73 Å². The van der Waals surface area contributed by atoms with Crippen LogP contribution in [-0.2, 0) is 12.0 Å². The normalized spacial score (nSPS) is 22.8. The number of benzene rings is 2. The zero-order valence-corrected chi connectivity index (χ0v) is 18.5. The van der Waals surface area contributed by atoms with Crippen molar-refractivity contribution in [3.63, 3.8) is 0 Å². The molecular weight excluding hydrogens is 420 g/mol. The Kier molecular flexibility index (Phi) is 5.72. The average molecular weight is 451 g/mol. The predicted octanol–water partition coefficient (Wildman–Crippen LogP) is 2.36. The van der Waals surface area contributed by atoms with Gasteiger partial charge in [-0.2, -0.15) is 0 Å². The summed E-state index contributed by atoms with van der Waals surface area (Å²) in [6.07, 6.45) is 2.74. The quantitative estimate of drug-likeness (QED) is 0.571. The highest BCUT2D eigenvalue weighted by molar-refractivity contribution is 5.95. The van der Waals surface area contributed by atoms with Gasteiger partial charge in [0.2, 0.25) is 0 Å². The molecule has 5 N–H and O–H groups in total. The number of fused-ring (bicyclic) bond motifs is 2. The van der Waals surface area contributed by atoms with Crippen molar-refractivity contribution in [3.8, 4) is 5.75 Å². The monoisotopic (exact) mass is 450 g/mol. The summed E-state index contributed by atoms with van der Waals surface area (Å²) in [6, 6.07) is 12.6. The number of hydrogen-bond donors (Lipinski definition) is 4. The van der Waals surface area contributed by atoms with Gasteiger partial charge in [0.1, 0.15) is 5.75 Å². The number of aliphatic hydroxyl groups excluding tert-OH is 1. The number of hydrogen-bond acceptors (Lipinski definition) is 5. The molecule has 2 aromatic rings. The molecule has 3 aliphatic rings. The molecule has 5 rings (SSSR count). The Hall–Kier alpha value is -3.10. The lowest BCUT2D eigenvalue weighted by Gasteiger charge is -2.38. The summed E-state index contributed by atoms with van der Waals surface area (Å²) in [5.74, 6) is 0.930. The van der Waals surface area contributed by atoms with E-state index in [0.29, 0.717) is 43.9 Å². The van der Waals surface area contributed by atoms with Gasteiger partial charge in [-0.05, 0) is 61.6 Å². The Morgan fingerprint density at radius 3 is 2.52 bits per heavy atom. The summed E-state index contributed by atoms with van der Waals surface area (Å²) in [5.41, 5.74) is 9.30. The average Bonchev–Trinajstić information content (AvgIpc) is 3.19. The highest BCUT2D eigenvalue weighted by Gasteiger charge is 2.44. The molecule has 3 amide bonds. The second-order valence-corrected chi connectivity index (χ2v) is 9.32. The molecule has 2 unspecified atom stereocenters. The number of nitrogens with two attached hydrogens (primary N) is 1. The molecule has 1 saturated heterocycles. The fourth-order valence-corrected chi connectivity index (χ4v) is 4.95. The first-order chi connectivity index (χ1) is 16.0. The number of nitrogens with one attached hydrogen (secondary N) is 2. The van der Waals surface area contributed by atoms with Crippen LogP contribution in [0.2, 0.25) is 0 Å². The number of likely N-dealkylation sites (tertiary alicyclic amines) is 1. The first-order valence-corrected chi connectivity index (χ1v) is 11.6. The summed E-state index contributed by atoms with van der Waals surface area (Å²) >= 11 is 0. The molecule has 1 spiro atoms. The first kappa shape index (κ1) is 21.7. The zero-order valence-electron chi connectivity index (χ0n) is 18.5. The number of ether oxygens (including phenoxy) is 1. The molecule has 8 heteroatoms. The second-order valence-electron chi connectivity index (χ2n) is 9.32. The fraction of sp³-hybridized carbons (Fsp3) is 0.440. The van der Waals surface area contributed by atoms with Crippen molar-refractivity contribution in [1.29, 1.82) is 0 Å². The largest absolute Gasteiger partial charge is 0.492 e. The van der Waals surface area contributed by atoms with Crippen molar-refractivity contribution in [2.75, 3.05) is 25.0 Å². The van der Waals surface area contributed by atoms with Gasteiger partial charge in [-0.15, -0.1) is 0 Å². The van der Waals surface area contributed by atoms with Crippen LogP contribution in [0.5, 0.6) is 5.75 Å². The Morgan fingerprint density at radius 1 is 1.12 bits per heavy atom. The third-order valence-electron chi connectivity index (χ3n) is 7.31. The number of rotatable bonds is 4. The standard InChI is InChI=1S/C25H30N4O4/c26-14-16-1-8-22-19(13-16)25(15-33-22)9-11-29(12-10-25)23(31)17-2-4-18(5-3-17)27-24(32)28-20-6-7-21(20)30/h1-5,8,13,20-21,30H,6-7,9-12,14-15,26H2,(H2,27,28,32). The molecule has 174 valence electrons. The number of anilines is 1. The minimum Gasteiger partial charge on any atom is -0.492 e. The van der Waals surface area contributed by atoms with E-state index in [1.54, 1.807) is 24.3 Å². The van der Waals surface area contributed by atoms with Crippen molar-refractivity contribution >= 4 is 17.6 Å². The van der Waals surface area contributed by atoms with E-state index < -0.39 is 6.10 Å². The molecule has 0 radical (unpaired) electrons. The summed E-state index contributed by atoms with van der Waals surface area (Å²) in [4.78, 5) is 27.0. The van der Waals surface area contributed by atoms with Crippen molar-refractivity contribution < 1.29 is 19.4 Å². The summed E-state index contributed by atoms with van der Waals surface area (Å²) in [5, 5.41) is 15.1. The molecule has 0 aromatic heterocycles. The van der Waals surface area contributed by atoms with Gasteiger partial charge in [-0.3, -0.25) is 4.79 Å². The molecule has 1 saturated carbocycles. The van der Waals surface area contributed by atoms with Gasteiger partial charge in [0, 0.05) is 41.9 Å². The lowest BCUT2D eigenvalue weighted by Crippen LogP contribution is -2.51. The lowest BCUT2D eigenvalue weighted by molar-refractivity contribution is 0.0559. The molecule has 8 nitrogen and oxygen atoms in total. The van der Waals surface area contributed by atoms with Crippen molar-refractivity contribution in [1.82, 2.24) is 10.2 Å². The third kappa shape index (κ3) is 4.16. The molecular formula is C25H30N4O4. The van der Waals surface area contributed by atoms with E-state index in [0.717, 1.165) is 30.6 Å². The number of nitrogens with zero attached hydrogens (tertiary/aromatic N) is 1. The van der Waals surface area contributed by atoms with E-state index in [2.05, 4.69) is 16.7 Å². The van der Waals surface area contributed by atoms with E-state index in [1.807, 2.05) is 17.0 Å². The Labute approximate surface area is 193 Å². The summed E-state index contributed by atoms with van der Waals surface area (Å²) < 4.78 is 5.96. The molecule has 2 fully saturated rings. The first-order valence-electron chi connectivity index (χ1n) is 11.6. The van der Waals surface area contributed by atoms with Crippen molar-refractivity contribution in [3.05, 3.63) is 59.2 Å². The van der Waals surface area contributed by atoms with Crippen LogP contribution in [0.15, 0.2) is 42.5 Å². The predicted molar refractivity (Wildman–Crippen MR) is 124 cm³/mol. The number of piperidine rings is 1. The topological polar surface area (TPSA) is 117 Å².